The first-order chi connectivity index (χ1) is 6.09. The van der Waals surface area contributed by atoms with E-state index in [0.29, 0.717) is 13.2 Å². The van der Waals surface area contributed by atoms with Gasteiger partial charge in [0.15, 0.2) is 0 Å². The molecule has 0 bridgehead atoms. The van der Waals surface area contributed by atoms with Gasteiger partial charge in [-0.3, -0.25) is 4.84 Å². The fourth-order valence-corrected chi connectivity index (χ4v) is 1.39. The number of hydroxylamine groups is 1. The maximum atomic E-state index is 9.43. The fourth-order valence-electron chi connectivity index (χ4n) is 1.39. The Balaban J connectivity index is 2.10. The molecule has 2 N–H and O–H groups in total. The van der Waals surface area contributed by atoms with Crippen molar-refractivity contribution in [2.24, 2.45) is 5.41 Å². The number of nitrogens with one attached hydrogen (secondary N) is 1. The minimum atomic E-state index is -0.212. The van der Waals surface area contributed by atoms with Crippen LogP contribution in [-0.2, 0) is 9.57 Å². The van der Waals surface area contributed by atoms with Crippen molar-refractivity contribution in [1.29, 1.82) is 0 Å². The second-order valence-electron chi connectivity index (χ2n) is 4.08. The Morgan fingerprint density at radius 1 is 1.46 bits per heavy atom. The van der Waals surface area contributed by atoms with Crippen molar-refractivity contribution >= 4 is 0 Å². The molecule has 0 spiro atoms. The molecular weight excluding hydrogens is 170 g/mol. The van der Waals surface area contributed by atoms with Crippen molar-refractivity contribution in [3.63, 3.8) is 0 Å². The van der Waals surface area contributed by atoms with Gasteiger partial charge in [-0.2, -0.15) is 5.48 Å². The topological polar surface area (TPSA) is 50.7 Å². The van der Waals surface area contributed by atoms with Crippen molar-refractivity contribution in [2.75, 3.05) is 20.3 Å². The number of hydrogen-bond donors (Lipinski definition) is 2. The Morgan fingerprint density at radius 2 is 2.15 bits per heavy atom. The van der Waals surface area contributed by atoms with E-state index < -0.39 is 0 Å². The van der Waals surface area contributed by atoms with Gasteiger partial charge in [-0.15, -0.1) is 0 Å². The molecule has 1 aliphatic rings. The lowest BCUT2D eigenvalue weighted by atomic mass is 9.65. The SMILES string of the molecule is COCCONC1CC(O)C1(C)C. The summed E-state index contributed by atoms with van der Waals surface area (Å²) in [5.74, 6) is 0. The largest absolute Gasteiger partial charge is 0.392 e. The quantitative estimate of drug-likeness (QED) is 0.483. The molecule has 1 rings (SSSR count). The summed E-state index contributed by atoms with van der Waals surface area (Å²) in [6.07, 6.45) is 0.552. The van der Waals surface area contributed by atoms with Crippen LogP contribution in [0.15, 0.2) is 0 Å². The van der Waals surface area contributed by atoms with Crippen LogP contribution in [0.25, 0.3) is 0 Å². The second-order valence-corrected chi connectivity index (χ2v) is 4.08. The first kappa shape index (κ1) is 10.9. The molecule has 4 nitrogen and oxygen atoms in total. The van der Waals surface area contributed by atoms with E-state index in [1.54, 1.807) is 7.11 Å². The van der Waals surface area contributed by atoms with Crippen LogP contribution < -0.4 is 5.48 Å². The molecule has 0 radical (unpaired) electrons. The van der Waals surface area contributed by atoms with Gasteiger partial charge in [-0.1, -0.05) is 13.8 Å². The van der Waals surface area contributed by atoms with Crippen molar-refractivity contribution in [1.82, 2.24) is 5.48 Å². The van der Waals surface area contributed by atoms with E-state index >= 15 is 0 Å². The summed E-state index contributed by atoms with van der Waals surface area (Å²) < 4.78 is 4.83. The van der Waals surface area contributed by atoms with E-state index in [1.165, 1.54) is 0 Å². The van der Waals surface area contributed by atoms with E-state index in [1.807, 2.05) is 13.8 Å². The lowest BCUT2D eigenvalue weighted by Gasteiger charge is -2.48. The second kappa shape index (κ2) is 4.37. The molecule has 0 aromatic carbocycles. The minimum Gasteiger partial charge on any atom is -0.392 e. The summed E-state index contributed by atoms with van der Waals surface area (Å²) in [5.41, 5.74) is 2.86. The van der Waals surface area contributed by atoms with Crippen LogP contribution in [0.5, 0.6) is 0 Å². The molecule has 2 unspecified atom stereocenters. The third kappa shape index (κ3) is 2.40. The molecule has 0 aromatic rings. The van der Waals surface area contributed by atoms with Gasteiger partial charge >= 0.3 is 0 Å². The summed E-state index contributed by atoms with van der Waals surface area (Å²) in [6.45, 7) is 5.18. The molecule has 0 amide bonds. The summed E-state index contributed by atoms with van der Waals surface area (Å²) in [5, 5.41) is 9.43. The van der Waals surface area contributed by atoms with E-state index in [2.05, 4.69) is 5.48 Å². The molecule has 1 saturated carbocycles. The molecule has 78 valence electrons. The smallest absolute Gasteiger partial charge is 0.0915 e. The zero-order chi connectivity index (χ0) is 9.90. The Hall–Kier alpha value is -0.160. The Morgan fingerprint density at radius 3 is 2.62 bits per heavy atom. The van der Waals surface area contributed by atoms with Crippen LogP contribution in [0.4, 0.5) is 0 Å². The monoisotopic (exact) mass is 189 g/mol. The van der Waals surface area contributed by atoms with Gasteiger partial charge < -0.3 is 9.84 Å². The van der Waals surface area contributed by atoms with Gasteiger partial charge in [0.25, 0.3) is 0 Å². The zero-order valence-corrected chi connectivity index (χ0v) is 8.54. The molecule has 0 aromatic heterocycles. The predicted octanol–water partition coefficient (Wildman–Crippen LogP) is 0.313. The first-order valence-electron chi connectivity index (χ1n) is 4.63. The molecule has 4 heteroatoms. The summed E-state index contributed by atoms with van der Waals surface area (Å²) in [7, 11) is 1.64. The van der Waals surface area contributed by atoms with E-state index in [0.717, 1.165) is 6.42 Å². The molecule has 0 saturated heterocycles. The third-order valence-corrected chi connectivity index (χ3v) is 2.83. The molecular formula is C9H19NO3. The Bertz CT molecular complexity index is 161. The number of rotatable bonds is 5. The number of aliphatic hydroxyl groups excluding tert-OH is 1. The van der Waals surface area contributed by atoms with Gasteiger partial charge in [-0.25, -0.2) is 0 Å². The van der Waals surface area contributed by atoms with Gasteiger partial charge in [0, 0.05) is 18.6 Å². The highest BCUT2D eigenvalue weighted by Crippen LogP contribution is 2.40. The Labute approximate surface area is 79.2 Å². The Kier molecular flexibility index (Phi) is 3.67. The van der Waals surface area contributed by atoms with E-state index in [9.17, 15) is 5.11 Å². The molecule has 0 heterocycles. The highest BCUT2D eigenvalue weighted by Gasteiger charge is 2.47. The highest BCUT2D eigenvalue weighted by molar-refractivity contribution is 5.00. The number of methoxy groups -OCH3 is 1. The van der Waals surface area contributed by atoms with Gasteiger partial charge in [0.1, 0.15) is 0 Å². The van der Waals surface area contributed by atoms with Crippen LogP contribution in [0, 0.1) is 5.41 Å². The van der Waals surface area contributed by atoms with Crippen LogP contribution in [0.2, 0.25) is 0 Å². The standard InChI is InChI=1S/C9H19NO3/c1-9(2)7(6-8(9)11)10-13-5-4-12-3/h7-8,10-11H,4-6H2,1-3H3. The van der Waals surface area contributed by atoms with Crippen molar-refractivity contribution in [3.8, 4) is 0 Å². The molecule has 1 fully saturated rings. The average molecular weight is 189 g/mol. The molecule has 1 aliphatic carbocycles. The highest BCUT2D eigenvalue weighted by atomic mass is 16.7. The summed E-state index contributed by atoms with van der Waals surface area (Å²) >= 11 is 0. The van der Waals surface area contributed by atoms with Gasteiger partial charge in [-0.05, 0) is 6.42 Å². The normalized spacial score (nSPS) is 31.4. The maximum absolute atomic E-state index is 9.43. The lowest BCUT2D eigenvalue weighted by Crippen LogP contribution is -2.59. The summed E-state index contributed by atoms with van der Waals surface area (Å²) in [6, 6.07) is 0.249. The van der Waals surface area contributed by atoms with Crippen LogP contribution in [0.3, 0.4) is 0 Å². The van der Waals surface area contributed by atoms with E-state index in [-0.39, 0.29) is 17.6 Å². The number of ether oxygens (including phenoxy) is 1. The molecule has 2 atom stereocenters. The predicted molar refractivity (Wildman–Crippen MR) is 49.2 cm³/mol. The van der Waals surface area contributed by atoms with E-state index in [4.69, 9.17) is 9.57 Å². The van der Waals surface area contributed by atoms with Crippen molar-refractivity contribution in [3.05, 3.63) is 0 Å². The maximum Gasteiger partial charge on any atom is 0.0915 e. The van der Waals surface area contributed by atoms with Crippen LogP contribution >= 0.6 is 0 Å². The van der Waals surface area contributed by atoms with Crippen LogP contribution in [-0.4, -0.2) is 37.6 Å². The van der Waals surface area contributed by atoms with Crippen LogP contribution in [0.1, 0.15) is 20.3 Å². The number of aliphatic hydroxyl groups is 1. The third-order valence-electron chi connectivity index (χ3n) is 2.83. The first-order valence-corrected chi connectivity index (χ1v) is 4.63. The molecule has 0 aliphatic heterocycles. The lowest BCUT2D eigenvalue weighted by molar-refractivity contribution is -0.134. The molecule has 13 heavy (non-hydrogen) atoms. The average Bonchev–Trinajstić information content (AvgIpc) is 2.10. The number of hydrogen-bond acceptors (Lipinski definition) is 4. The van der Waals surface area contributed by atoms with Gasteiger partial charge in [0.05, 0.1) is 19.3 Å². The van der Waals surface area contributed by atoms with Crippen molar-refractivity contribution < 1.29 is 14.7 Å². The fraction of sp³-hybridized carbons (Fsp3) is 1.00. The van der Waals surface area contributed by atoms with Crippen molar-refractivity contribution in [2.45, 2.75) is 32.4 Å². The minimum absolute atomic E-state index is 0.0763. The zero-order valence-electron chi connectivity index (χ0n) is 8.54. The van der Waals surface area contributed by atoms with Gasteiger partial charge in [0.2, 0.25) is 0 Å². The summed E-state index contributed by atoms with van der Waals surface area (Å²) in [4.78, 5) is 5.18.